The van der Waals surface area contributed by atoms with Gasteiger partial charge in [0, 0.05) is 16.7 Å². The van der Waals surface area contributed by atoms with Crippen LogP contribution in [0.4, 0.5) is 0 Å². The molecule has 0 aliphatic heterocycles. The van der Waals surface area contributed by atoms with Crippen LogP contribution in [0.1, 0.15) is 10.4 Å². The first kappa shape index (κ1) is 12.9. The molecule has 0 aliphatic carbocycles. The number of carboxylic acids is 1. The highest BCUT2D eigenvalue weighted by atomic mass is 79.9. The Morgan fingerprint density at radius 3 is 2.67 bits per heavy atom. The third kappa shape index (κ3) is 3.00. The SMILES string of the molecule is O=C(O)c1ccc(Oc2cncc(Cl)c2)cc1Br. The average Bonchev–Trinajstić information content (AvgIpc) is 2.28. The van der Waals surface area contributed by atoms with Gasteiger partial charge in [-0.25, -0.2) is 4.79 Å². The van der Waals surface area contributed by atoms with Gasteiger partial charge in [0.1, 0.15) is 11.5 Å². The van der Waals surface area contributed by atoms with E-state index in [2.05, 4.69) is 20.9 Å². The van der Waals surface area contributed by atoms with E-state index in [-0.39, 0.29) is 5.56 Å². The van der Waals surface area contributed by atoms with E-state index < -0.39 is 5.97 Å². The summed E-state index contributed by atoms with van der Waals surface area (Å²) in [5.74, 6) is -0.0220. The summed E-state index contributed by atoms with van der Waals surface area (Å²) in [4.78, 5) is 14.7. The Morgan fingerprint density at radius 2 is 2.06 bits per heavy atom. The molecule has 2 aromatic rings. The van der Waals surface area contributed by atoms with Crippen molar-refractivity contribution in [3.63, 3.8) is 0 Å². The van der Waals surface area contributed by atoms with E-state index in [1.165, 1.54) is 18.5 Å². The fourth-order valence-corrected chi connectivity index (χ4v) is 2.01. The highest BCUT2D eigenvalue weighted by molar-refractivity contribution is 9.10. The van der Waals surface area contributed by atoms with Crippen molar-refractivity contribution >= 4 is 33.5 Å². The molecule has 1 heterocycles. The Balaban J connectivity index is 2.25. The molecule has 0 unspecified atom stereocenters. The molecule has 92 valence electrons. The van der Waals surface area contributed by atoms with Gasteiger partial charge in [-0.15, -0.1) is 0 Å². The molecule has 0 radical (unpaired) electrons. The Hall–Kier alpha value is -1.59. The van der Waals surface area contributed by atoms with Crippen molar-refractivity contribution in [1.29, 1.82) is 0 Å². The second kappa shape index (κ2) is 5.37. The smallest absolute Gasteiger partial charge is 0.336 e. The maximum Gasteiger partial charge on any atom is 0.336 e. The predicted molar refractivity (Wildman–Crippen MR) is 70.4 cm³/mol. The molecule has 4 nitrogen and oxygen atoms in total. The summed E-state index contributed by atoms with van der Waals surface area (Å²) >= 11 is 8.95. The number of halogens is 2. The zero-order valence-electron chi connectivity index (χ0n) is 8.93. The molecule has 2 rings (SSSR count). The first-order chi connectivity index (χ1) is 8.56. The minimum Gasteiger partial charge on any atom is -0.478 e. The van der Waals surface area contributed by atoms with E-state index in [1.807, 2.05) is 0 Å². The molecule has 0 bridgehead atoms. The van der Waals surface area contributed by atoms with Crippen molar-refractivity contribution in [2.75, 3.05) is 0 Å². The first-order valence-corrected chi connectivity index (χ1v) is 6.04. The van der Waals surface area contributed by atoms with Crippen molar-refractivity contribution in [3.05, 3.63) is 51.7 Å². The monoisotopic (exact) mass is 327 g/mol. The second-order valence-electron chi connectivity index (χ2n) is 3.39. The number of ether oxygens (including phenoxy) is 1. The van der Waals surface area contributed by atoms with Gasteiger partial charge >= 0.3 is 5.97 Å². The summed E-state index contributed by atoms with van der Waals surface area (Å²) < 4.78 is 5.95. The molecule has 0 aliphatic rings. The summed E-state index contributed by atoms with van der Waals surface area (Å²) in [6, 6.07) is 6.22. The van der Waals surface area contributed by atoms with Crippen molar-refractivity contribution in [3.8, 4) is 11.5 Å². The zero-order chi connectivity index (χ0) is 13.1. The number of nitrogens with zero attached hydrogens (tertiary/aromatic N) is 1. The van der Waals surface area contributed by atoms with E-state index in [0.717, 1.165) is 0 Å². The quantitative estimate of drug-likeness (QED) is 0.925. The lowest BCUT2D eigenvalue weighted by atomic mass is 10.2. The predicted octanol–water partition coefficient (Wildman–Crippen LogP) is 3.99. The average molecular weight is 329 g/mol. The molecule has 1 N–H and O–H groups in total. The standard InChI is InChI=1S/C12H7BrClNO3/c13-11-4-8(1-2-10(11)12(16)17)18-9-3-7(14)5-15-6-9/h1-6H,(H,16,17). The summed E-state index contributed by atoms with van der Waals surface area (Å²) in [7, 11) is 0. The van der Waals surface area contributed by atoms with E-state index in [1.54, 1.807) is 18.2 Å². The largest absolute Gasteiger partial charge is 0.478 e. The first-order valence-electron chi connectivity index (χ1n) is 4.87. The lowest BCUT2D eigenvalue weighted by Crippen LogP contribution is -1.97. The number of aromatic nitrogens is 1. The number of benzene rings is 1. The number of hydrogen-bond acceptors (Lipinski definition) is 3. The van der Waals surface area contributed by atoms with Gasteiger partial charge in [0.05, 0.1) is 16.8 Å². The van der Waals surface area contributed by atoms with Crippen LogP contribution in [0.5, 0.6) is 11.5 Å². The fourth-order valence-electron chi connectivity index (χ4n) is 1.32. The van der Waals surface area contributed by atoms with Gasteiger partial charge in [0.15, 0.2) is 0 Å². The van der Waals surface area contributed by atoms with Crippen molar-refractivity contribution in [1.82, 2.24) is 4.98 Å². The lowest BCUT2D eigenvalue weighted by Gasteiger charge is -2.07. The third-order valence-corrected chi connectivity index (χ3v) is 2.95. The molecule has 6 heteroatoms. The van der Waals surface area contributed by atoms with Crippen molar-refractivity contribution in [2.45, 2.75) is 0 Å². The van der Waals surface area contributed by atoms with Gasteiger partial charge in [0.2, 0.25) is 0 Å². The number of hydrogen-bond donors (Lipinski definition) is 1. The van der Waals surface area contributed by atoms with Gasteiger partial charge < -0.3 is 9.84 Å². The maximum absolute atomic E-state index is 10.8. The van der Waals surface area contributed by atoms with Crippen LogP contribution in [0.25, 0.3) is 0 Å². The van der Waals surface area contributed by atoms with Crippen LogP contribution in [-0.4, -0.2) is 16.1 Å². The zero-order valence-corrected chi connectivity index (χ0v) is 11.3. The Labute approximate surface area is 116 Å². The van der Waals surface area contributed by atoms with E-state index in [4.69, 9.17) is 21.4 Å². The van der Waals surface area contributed by atoms with Crippen LogP contribution in [0.3, 0.4) is 0 Å². The molecule has 1 aromatic carbocycles. The topological polar surface area (TPSA) is 59.4 Å². The van der Waals surface area contributed by atoms with Gasteiger partial charge in [-0.1, -0.05) is 11.6 Å². The molecule has 0 saturated heterocycles. The second-order valence-corrected chi connectivity index (χ2v) is 4.68. The van der Waals surface area contributed by atoms with Crippen LogP contribution in [0, 0.1) is 0 Å². The molecular weight excluding hydrogens is 321 g/mol. The molecule has 0 amide bonds. The highest BCUT2D eigenvalue weighted by Gasteiger charge is 2.09. The third-order valence-electron chi connectivity index (χ3n) is 2.09. The van der Waals surface area contributed by atoms with Crippen LogP contribution in [0.15, 0.2) is 41.1 Å². The Bertz CT molecular complexity index is 604. The number of rotatable bonds is 3. The summed E-state index contributed by atoms with van der Waals surface area (Å²) in [5, 5.41) is 9.35. The Morgan fingerprint density at radius 1 is 1.28 bits per heavy atom. The van der Waals surface area contributed by atoms with E-state index in [0.29, 0.717) is 21.0 Å². The maximum atomic E-state index is 10.8. The number of carboxylic acid groups (broad SMARTS) is 1. The van der Waals surface area contributed by atoms with Gasteiger partial charge in [-0.05, 0) is 34.1 Å². The van der Waals surface area contributed by atoms with Crippen molar-refractivity contribution < 1.29 is 14.6 Å². The Kier molecular flexibility index (Phi) is 3.84. The van der Waals surface area contributed by atoms with E-state index >= 15 is 0 Å². The summed E-state index contributed by atoms with van der Waals surface area (Å²) in [5.41, 5.74) is 0.173. The summed E-state index contributed by atoms with van der Waals surface area (Å²) in [6.45, 7) is 0. The van der Waals surface area contributed by atoms with Gasteiger partial charge in [0.25, 0.3) is 0 Å². The molecule has 1 aromatic heterocycles. The molecule has 0 atom stereocenters. The van der Waals surface area contributed by atoms with Crippen LogP contribution in [-0.2, 0) is 0 Å². The lowest BCUT2D eigenvalue weighted by molar-refractivity contribution is 0.0696. The number of pyridine rings is 1. The molecule has 0 saturated carbocycles. The molecule has 18 heavy (non-hydrogen) atoms. The normalized spacial score (nSPS) is 10.1. The van der Waals surface area contributed by atoms with Crippen molar-refractivity contribution in [2.24, 2.45) is 0 Å². The fraction of sp³-hybridized carbons (Fsp3) is 0. The number of carbonyl (C=O) groups is 1. The highest BCUT2D eigenvalue weighted by Crippen LogP contribution is 2.27. The summed E-state index contributed by atoms with van der Waals surface area (Å²) in [6.07, 6.45) is 3.02. The minimum atomic E-state index is -1.00. The molecular formula is C12H7BrClNO3. The van der Waals surface area contributed by atoms with Crippen LogP contribution < -0.4 is 4.74 Å². The van der Waals surface area contributed by atoms with E-state index in [9.17, 15) is 4.79 Å². The van der Waals surface area contributed by atoms with Gasteiger partial charge in [-0.2, -0.15) is 0 Å². The molecule has 0 fully saturated rings. The van der Waals surface area contributed by atoms with Crippen LogP contribution >= 0.6 is 27.5 Å². The molecule has 0 spiro atoms. The minimum absolute atomic E-state index is 0.173. The number of aromatic carboxylic acids is 1. The van der Waals surface area contributed by atoms with Crippen LogP contribution in [0.2, 0.25) is 5.02 Å². The van der Waals surface area contributed by atoms with Gasteiger partial charge in [-0.3, -0.25) is 4.98 Å².